The molecule has 0 spiro atoms. The predicted molar refractivity (Wildman–Crippen MR) is 42.5 cm³/mol. The fourth-order valence-corrected chi connectivity index (χ4v) is 1.41. The number of hydrogen-bond donors (Lipinski definition) is 2. The Morgan fingerprint density at radius 2 is 2.27 bits per heavy atom. The molecule has 0 radical (unpaired) electrons. The van der Waals surface area contributed by atoms with E-state index in [1.807, 2.05) is 0 Å². The van der Waals surface area contributed by atoms with Gasteiger partial charge in [-0.05, 0) is 18.8 Å². The molecule has 0 aromatic heterocycles. The van der Waals surface area contributed by atoms with E-state index in [4.69, 9.17) is 9.94 Å². The molecule has 0 aromatic rings. The summed E-state index contributed by atoms with van der Waals surface area (Å²) in [5.74, 6) is 0.547. The normalized spacial score (nSPS) is 32.7. The van der Waals surface area contributed by atoms with Crippen LogP contribution in [0.2, 0.25) is 0 Å². The summed E-state index contributed by atoms with van der Waals surface area (Å²) in [7, 11) is 0. The molecule has 0 aromatic carbocycles. The van der Waals surface area contributed by atoms with Gasteiger partial charge in [0.25, 0.3) is 0 Å². The lowest BCUT2D eigenvalue weighted by atomic mass is 9.96. The van der Waals surface area contributed by atoms with Crippen molar-refractivity contribution in [1.29, 1.82) is 0 Å². The Morgan fingerprint density at radius 3 is 2.82 bits per heavy atom. The Balaban J connectivity index is 2.33. The number of nitrogens with one attached hydrogen (secondary N) is 1. The third kappa shape index (κ3) is 2.43. The monoisotopic (exact) mass is 159 g/mol. The molecule has 1 aliphatic rings. The van der Waals surface area contributed by atoms with E-state index < -0.39 is 0 Å². The lowest BCUT2D eigenvalue weighted by Crippen LogP contribution is -2.39. The van der Waals surface area contributed by atoms with E-state index in [-0.39, 0.29) is 6.04 Å². The highest BCUT2D eigenvalue weighted by molar-refractivity contribution is 4.75. The summed E-state index contributed by atoms with van der Waals surface area (Å²) in [5, 5.41) is 8.69. The molecule has 2 atom stereocenters. The van der Waals surface area contributed by atoms with Crippen molar-refractivity contribution in [2.75, 3.05) is 6.61 Å². The van der Waals surface area contributed by atoms with Crippen LogP contribution in [0, 0.1) is 5.92 Å². The van der Waals surface area contributed by atoms with Gasteiger partial charge in [0.2, 0.25) is 0 Å². The molecular weight excluding hydrogens is 142 g/mol. The van der Waals surface area contributed by atoms with Gasteiger partial charge in [-0.25, -0.2) is 5.48 Å². The lowest BCUT2D eigenvalue weighted by Gasteiger charge is -2.30. The molecule has 0 saturated carbocycles. The molecular formula is C8H17NO2. The van der Waals surface area contributed by atoms with Gasteiger partial charge in [0.15, 0.2) is 0 Å². The van der Waals surface area contributed by atoms with Crippen LogP contribution < -0.4 is 5.48 Å². The van der Waals surface area contributed by atoms with Gasteiger partial charge in [0, 0.05) is 12.6 Å². The largest absolute Gasteiger partial charge is 0.378 e. The Morgan fingerprint density at radius 1 is 1.55 bits per heavy atom. The minimum absolute atomic E-state index is 0.233. The third-order valence-electron chi connectivity index (χ3n) is 2.24. The molecule has 1 heterocycles. The predicted octanol–water partition coefficient (Wildman–Crippen LogP) is 1.17. The summed E-state index contributed by atoms with van der Waals surface area (Å²) in [4.78, 5) is 0. The molecule has 1 fully saturated rings. The molecule has 1 aliphatic heterocycles. The van der Waals surface area contributed by atoms with Crippen LogP contribution in [0.15, 0.2) is 0 Å². The Bertz CT molecular complexity index is 117. The number of hydroxylamine groups is 1. The summed E-state index contributed by atoms with van der Waals surface area (Å²) < 4.78 is 5.52. The fraction of sp³-hybridized carbons (Fsp3) is 1.00. The van der Waals surface area contributed by atoms with Crippen LogP contribution in [0.4, 0.5) is 0 Å². The van der Waals surface area contributed by atoms with Gasteiger partial charge in [0.1, 0.15) is 0 Å². The Kier molecular flexibility index (Phi) is 3.30. The van der Waals surface area contributed by atoms with Crippen molar-refractivity contribution in [3.05, 3.63) is 0 Å². The quantitative estimate of drug-likeness (QED) is 0.594. The molecule has 66 valence electrons. The minimum Gasteiger partial charge on any atom is -0.378 e. The number of rotatable bonds is 2. The summed E-state index contributed by atoms with van der Waals surface area (Å²) in [5.41, 5.74) is 2.31. The van der Waals surface area contributed by atoms with Crippen LogP contribution in [0.1, 0.15) is 26.7 Å². The summed E-state index contributed by atoms with van der Waals surface area (Å²) >= 11 is 0. The SMILES string of the molecule is CC(C)C1CC(NO)CCO1. The zero-order chi connectivity index (χ0) is 8.27. The Labute approximate surface area is 67.7 Å². The first kappa shape index (κ1) is 8.97. The van der Waals surface area contributed by atoms with E-state index in [2.05, 4.69) is 19.3 Å². The van der Waals surface area contributed by atoms with Gasteiger partial charge in [0.05, 0.1) is 6.10 Å². The molecule has 1 rings (SSSR count). The highest BCUT2D eigenvalue weighted by Gasteiger charge is 2.23. The van der Waals surface area contributed by atoms with Crippen LogP contribution >= 0.6 is 0 Å². The first-order valence-corrected chi connectivity index (χ1v) is 4.25. The number of ether oxygens (including phenoxy) is 1. The molecule has 1 saturated heterocycles. The van der Waals surface area contributed by atoms with Crippen LogP contribution in [-0.4, -0.2) is 24.0 Å². The molecule has 11 heavy (non-hydrogen) atoms. The second kappa shape index (κ2) is 4.04. The first-order chi connectivity index (χ1) is 5.24. The van der Waals surface area contributed by atoms with Crippen molar-refractivity contribution in [2.45, 2.75) is 38.8 Å². The molecule has 0 bridgehead atoms. The van der Waals surface area contributed by atoms with Gasteiger partial charge in [-0.1, -0.05) is 13.8 Å². The minimum atomic E-state index is 0.233. The molecule has 0 aliphatic carbocycles. The fourth-order valence-electron chi connectivity index (χ4n) is 1.41. The maximum atomic E-state index is 8.69. The van der Waals surface area contributed by atoms with Gasteiger partial charge in [-0.15, -0.1) is 0 Å². The van der Waals surface area contributed by atoms with Gasteiger partial charge < -0.3 is 9.94 Å². The summed E-state index contributed by atoms with van der Waals surface area (Å²) in [6, 6.07) is 0.233. The topological polar surface area (TPSA) is 41.5 Å². The summed E-state index contributed by atoms with van der Waals surface area (Å²) in [6.07, 6.45) is 2.15. The van der Waals surface area contributed by atoms with Gasteiger partial charge in [-0.2, -0.15) is 0 Å². The highest BCUT2D eigenvalue weighted by atomic mass is 16.5. The van der Waals surface area contributed by atoms with Crippen LogP contribution in [0.3, 0.4) is 0 Å². The third-order valence-corrected chi connectivity index (χ3v) is 2.24. The molecule has 3 heteroatoms. The van der Waals surface area contributed by atoms with Crippen LogP contribution in [0.25, 0.3) is 0 Å². The van der Waals surface area contributed by atoms with Crippen molar-refractivity contribution in [2.24, 2.45) is 5.92 Å². The molecule has 3 nitrogen and oxygen atoms in total. The smallest absolute Gasteiger partial charge is 0.0613 e. The van der Waals surface area contributed by atoms with E-state index >= 15 is 0 Å². The second-order valence-electron chi connectivity index (χ2n) is 3.50. The van der Waals surface area contributed by atoms with Gasteiger partial charge >= 0.3 is 0 Å². The van der Waals surface area contributed by atoms with Crippen molar-refractivity contribution >= 4 is 0 Å². The zero-order valence-electron chi connectivity index (χ0n) is 7.21. The Hall–Kier alpha value is -0.120. The van der Waals surface area contributed by atoms with E-state index in [1.54, 1.807) is 0 Å². The molecule has 2 unspecified atom stereocenters. The van der Waals surface area contributed by atoms with Crippen molar-refractivity contribution in [3.63, 3.8) is 0 Å². The first-order valence-electron chi connectivity index (χ1n) is 4.25. The van der Waals surface area contributed by atoms with Crippen molar-refractivity contribution in [1.82, 2.24) is 5.48 Å². The average molecular weight is 159 g/mol. The lowest BCUT2D eigenvalue weighted by molar-refractivity contribution is -0.0459. The van der Waals surface area contributed by atoms with Crippen molar-refractivity contribution < 1.29 is 9.94 Å². The van der Waals surface area contributed by atoms with E-state index in [9.17, 15) is 0 Å². The number of hydrogen-bond acceptors (Lipinski definition) is 3. The van der Waals surface area contributed by atoms with E-state index in [1.165, 1.54) is 0 Å². The van der Waals surface area contributed by atoms with Crippen LogP contribution in [0.5, 0.6) is 0 Å². The maximum absolute atomic E-state index is 8.69. The highest BCUT2D eigenvalue weighted by Crippen LogP contribution is 2.19. The van der Waals surface area contributed by atoms with E-state index in [0.29, 0.717) is 12.0 Å². The standard InChI is InChI=1S/C8H17NO2/c1-6(2)8-5-7(9-10)3-4-11-8/h6-10H,3-5H2,1-2H3. The maximum Gasteiger partial charge on any atom is 0.0613 e. The van der Waals surface area contributed by atoms with E-state index in [0.717, 1.165) is 19.4 Å². The zero-order valence-corrected chi connectivity index (χ0v) is 7.21. The van der Waals surface area contributed by atoms with Crippen molar-refractivity contribution in [3.8, 4) is 0 Å². The average Bonchev–Trinajstić information content (AvgIpc) is 2.05. The summed E-state index contributed by atoms with van der Waals surface area (Å²) in [6.45, 7) is 5.05. The molecule has 2 N–H and O–H groups in total. The van der Waals surface area contributed by atoms with Gasteiger partial charge in [-0.3, -0.25) is 0 Å². The van der Waals surface area contributed by atoms with Crippen LogP contribution in [-0.2, 0) is 4.74 Å². The molecule has 0 amide bonds. The second-order valence-corrected chi connectivity index (χ2v) is 3.50.